The quantitative estimate of drug-likeness (QED) is 0.332. The van der Waals surface area contributed by atoms with Crippen LogP contribution < -0.4 is 4.74 Å². The number of likely N-dealkylation sites (N-methyl/N-ethyl adjacent to an activating group) is 1. The first-order valence-corrected chi connectivity index (χ1v) is 14.1. The molecule has 40 heavy (non-hydrogen) atoms. The summed E-state index contributed by atoms with van der Waals surface area (Å²) in [5, 5.41) is 20.0. The van der Waals surface area contributed by atoms with Crippen molar-refractivity contribution in [2.24, 2.45) is 0 Å². The molecule has 1 amide bonds. The number of nitrogens with zero attached hydrogens (tertiary/aromatic N) is 5. The fourth-order valence-corrected chi connectivity index (χ4v) is 5.20. The second-order valence-electron chi connectivity index (χ2n) is 10.2. The molecule has 210 valence electrons. The second kappa shape index (κ2) is 12.8. The molecule has 1 aliphatic rings. The minimum Gasteiger partial charge on any atom is -0.492 e. The average Bonchev–Trinajstić information content (AvgIpc) is 2.95. The van der Waals surface area contributed by atoms with Gasteiger partial charge in [-0.25, -0.2) is 4.98 Å². The predicted octanol–water partition coefficient (Wildman–Crippen LogP) is 5.37. The lowest BCUT2D eigenvalue weighted by Crippen LogP contribution is -2.40. The van der Waals surface area contributed by atoms with Gasteiger partial charge in [-0.15, -0.1) is 0 Å². The van der Waals surface area contributed by atoms with E-state index in [-0.39, 0.29) is 11.9 Å². The van der Waals surface area contributed by atoms with Gasteiger partial charge in [0.1, 0.15) is 22.5 Å². The maximum absolute atomic E-state index is 14.1. The van der Waals surface area contributed by atoms with Crippen LogP contribution in [0.2, 0.25) is 5.15 Å². The van der Waals surface area contributed by atoms with Crippen molar-refractivity contribution in [2.45, 2.75) is 52.7 Å². The summed E-state index contributed by atoms with van der Waals surface area (Å²) in [6.07, 6.45) is 3.78. The van der Waals surface area contributed by atoms with Gasteiger partial charge in [-0.2, -0.15) is 5.26 Å². The third kappa shape index (κ3) is 6.12. The molecule has 1 aromatic carbocycles. The van der Waals surface area contributed by atoms with Crippen molar-refractivity contribution in [3.05, 3.63) is 75.3 Å². The monoisotopic (exact) mass is 561 g/mol. The van der Waals surface area contributed by atoms with Crippen LogP contribution in [0.1, 0.15) is 78.1 Å². The number of carbonyl (C=O) groups is 1. The van der Waals surface area contributed by atoms with Crippen molar-refractivity contribution in [2.75, 3.05) is 33.3 Å². The molecular weight excluding hydrogens is 526 g/mol. The largest absolute Gasteiger partial charge is 0.492 e. The van der Waals surface area contributed by atoms with Crippen LogP contribution in [0, 0.1) is 11.3 Å². The summed E-state index contributed by atoms with van der Waals surface area (Å²) in [6, 6.07) is 9.52. The number of ether oxygens (including phenoxy) is 1. The number of benzene rings is 1. The Hall–Kier alpha value is -3.51. The second-order valence-corrected chi connectivity index (χ2v) is 10.5. The van der Waals surface area contributed by atoms with Gasteiger partial charge >= 0.3 is 0 Å². The minimum absolute atomic E-state index is 0.0828. The molecule has 8 nitrogen and oxygen atoms in total. The van der Waals surface area contributed by atoms with Crippen LogP contribution in [-0.4, -0.2) is 64.1 Å². The first-order chi connectivity index (χ1) is 19.2. The molecule has 4 rings (SSSR count). The van der Waals surface area contributed by atoms with Gasteiger partial charge < -0.3 is 19.6 Å². The van der Waals surface area contributed by atoms with Crippen LogP contribution in [0.3, 0.4) is 0 Å². The molecule has 3 aromatic rings. The highest BCUT2D eigenvalue weighted by atomic mass is 35.5. The number of hydrogen-bond donors (Lipinski definition) is 1. The summed E-state index contributed by atoms with van der Waals surface area (Å²) in [6.45, 7) is 10.3. The molecule has 0 fully saturated rings. The molecule has 0 aliphatic carbocycles. The third-order valence-electron chi connectivity index (χ3n) is 7.56. The van der Waals surface area contributed by atoms with E-state index in [0.29, 0.717) is 58.4 Å². The number of halogens is 1. The normalized spacial score (nSPS) is 14.6. The van der Waals surface area contributed by atoms with E-state index in [1.807, 2.05) is 30.9 Å². The Balaban J connectivity index is 1.77. The Morgan fingerprint density at radius 2 is 1.90 bits per heavy atom. The first kappa shape index (κ1) is 29.5. The lowest BCUT2D eigenvalue weighted by molar-refractivity contribution is 0.0669. The highest BCUT2D eigenvalue weighted by Crippen LogP contribution is 2.38. The van der Waals surface area contributed by atoms with E-state index in [2.05, 4.69) is 41.0 Å². The maximum Gasteiger partial charge on any atom is 0.254 e. The maximum atomic E-state index is 14.1. The van der Waals surface area contributed by atoms with Gasteiger partial charge in [0.05, 0.1) is 24.4 Å². The zero-order chi connectivity index (χ0) is 29.0. The zero-order valence-electron chi connectivity index (χ0n) is 23.7. The van der Waals surface area contributed by atoms with E-state index in [4.69, 9.17) is 16.3 Å². The molecule has 0 radical (unpaired) electrons. The van der Waals surface area contributed by atoms with E-state index in [0.717, 1.165) is 36.2 Å². The molecule has 2 aromatic heterocycles. The van der Waals surface area contributed by atoms with E-state index < -0.39 is 6.10 Å². The van der Waals surface area contributed by atoms with Crippen LogP contribution in [0.5, 0.6) is 5.75 Å². The van der Waals surface area contributed by atoms with Crippen LogP contribution in [0.15, 0.2) is 36.7 Å². The Labute approximate surface area is 241 Å². The Bertz CT molecular complexity index is 1440. The standard InChI is InChI=1S/C31H36ClN5O3/c1-6-36(5)10-8-21-12-25(26-14-22(20(4)38)17-35-30(26)32)24-9-11-37(31(39)27(24)13-21)19(3)28-15-29(40-7-2)23(16-33)18-34-28/h12-15,17-20,38H,6-11H2,1-5H3. The zero-order valence-corrected chi connectivity index (χ0v) is 24.5. The van der Waals surface area contributed by atoms with E-state index in [1.54, 1.807) is 19.2 Å². The fourth-order valence-electron chi connectivity index (χ4n) is 4.99. The summed E-state index contributed by atoms with van der Waals surface area (Å²) < 4.78 is 5.66. The van der Waals surface area contributed by atoms with Gasteiger partial charge in [-0.05, 0) is 81.6 Å². The molecule has 3 heterocycles. The van der Waals surface area contributed by atoms with Gasteiger partial charge in [-0.3, -0.25) is 9.78 Å². The topological polar surface area (TPSA) is 103 Å². The van der Waals surface area contributed by atoms with Crippen molar-refractivity contribution in [3.63, 3.8) is 0 Å². The molecule has 0 spiro atoms. The average molecular weight is 562 g/mol. The number of amides is 1. The number of pyridine rings is 2. The summed E-state index contributed by atoms with van der Waals surface area (Å²) in [4.78, 5) is 26.9. The fraction of sp³-hybridized carbons (Fsp3) is 0.419. The molecule has 0 saturated heterocycles. The minimum atomic E-state index is -0.694. The molecule has 1 aliphatic heterocycles. The van der Waals surface area contributed by atoms with Gasteiger partial charge in [0.2, 0.25) is 0 Å². The lowest BCUT2D eigenvalue weighted by atomic mass is 9.87. The number of aliphatic hydroxyl groups is 1. The number of rotatable bonds is 10. The summed E-state index contributed by atoms with van der Waals surface area (Å²) in [5.74, 6) is 0.386. The first-order valence-electron chi connectivity index (χ1n) is 13.7. The summed E-state index contributed by atoms with van der Waals surface area (Å²) in [7, 11) is 2.07. The van der Waals surface area contributed by atoms with Crippen molar-refractivity contribution < 1.29 is 14.6 Å². The van der Waals surface area contributed by atoms with Gasteiger partial charge in [0, 0.05) is 42.7 Å². The molecule has 2 unspecified atom stereocenters. The Morgan fingerprint density at radius 1 is 1.15 bits per heavy atom. The number of aromatic nitrogens is 2. The van der Waals surface area contributed by atoms with Crippen molar-refractivity contribution in [1.29, 1.82) is 5.26 Å². The highest BCUT2D eigenvalue weighted by Gasteiger charge is 2.32. The lowest BCUT2D eigenvalue weighted by Gasteiger charge is -2.35. The smallest absolute Gasteiger partial charge is 0.254 e. The van der Waals surface area contributed by atoms with Crippen LogP contribution in [0.25, 0.3) is 11.1 Å². The molecule has 1 N–H and O–H groups in total. The van der Waals surface area contributed by atoms with Gasteiger partial charge in [-0.1, -0.05) is 24.6 Å². The molecule has 2 atom stereocenters. The number of nitriles is 1. The Morgan fingerprint density at radius 3 is 2.58 bits per heavy atom. The van der Waals surface area contributed by atoms with Crippen LogP contribution in [0.4, 0.5) is 0 Å². The summed E-state index contributed by atoms with van der Waals surface area (Å²) >= 11 is 6.60. The third-order valence-corrected chi connectivity index (χ3v) is 7.86. The van der Waals surface area contributed by atoms with Crippen molar-refractivity contribution in [3.8, 4) is 22.9 Å². The van der Waals surface area contributed by atoms with Crippen LogP contribution >= 0.6 is 11.6 Å². The highest BCUT2D eigenvalue weighted by molar-refractivity contribution is 6.32. The van der Waals surface area contributed by atoms with Crippen molar-refractivity contribution in [1.82, 2.24) is 19.8 Å². The van der Waals surface area contributed by atoms with E-state index >= 15 is 0 Å². The van der Waals surface area contributed by atoms with E-state index in [9.17, 15) is 15.2 Å². The van der Waals surface area contributed by atoms with E-state index in [1.165, 1.54) is 6.20 Å². The molecule has 9 heteroatoms. The predicted molar refractivity (Wildman–Crippen MR) is 155 cm³/mol. The number of aliphatic hydroxyl groups excluding tert-OH is 1. The molecular formula is C31H36ClN5O3. The molecule has 0 bridgehead atoms. The number of hydrogen-bond acceptors (Lipinski definition) is 7. The SMILES string of the molecule is CCOc1cc(C(C)N2CCc3c(cc(CCN(C)CC)cc3-c3cc(C(C)O)cnc3Cl)C2=O)ncc1C#N. The number of fused-ring (bicyclic) bond motifs is 1. The Kier molecular flexibility index (Phi) is 9.41. The van der Waals surface area contributed by atoms with Gasteiger partial charge in [0.15, 0.2) is 0 Å². The van der Waals surface area contributed by atoms with Crippen LogP contribution in [-0.2, 0) is 12.8 Å². The number of carbonyl (C=O) groups excluding carboxylic acids is 1. The molecule has 0 saturated carbocycles. The van der Waals surface area contributed by atoms with Gasteiger partial charge in [0.25, 0.3) is 5.91 Å². The van der Waals surface area contributed by atoms with Crippen molar-refractivity contribution >= 4 is 17.5 Å². The summed E-state index contributed by atoms with van der Waals surface area (Å²) in [5.41, 5.74) is 5.89.